The minimum absolute atomic E-state index is 0.169. The molecule has 0 aliphatic heterocycles. The van der Waals surface area contributed by atoms with E-state index in [4.69, 9.17) is 0 Å². The van der Waals surface area contributed by atoms with Gasteiger partial charge in [-0.2, -0.15) is 0 Å². The zero-order valence-corrected chi connectivity index (χ0v) is 15.2. The predicted molar refractivity (Wildman–Crippen MR) is 97.0 cm³/mol. The summed E-state index contributed by atoms with van der Waals surface area (Å²) in [6.07, 6.45) is 1.12. The fourth-order valence-corrected chi connectivity index (χ4v) is 3.16. The smallest absolute Gasteiger partial charge is 0.254 e. The van der Waals surface area contributed by atoms with E-state index in [9.17, 15) is 22.4 Å². The second-order valence-corrected chi connectivity index (χ2v) is 8.13. The molecule has 0 spiro atoms. The summed E-state index contributed by atoms with van der Waals surface area (Å²) in [4.78, 5) is 25.7. The molecule has 2 aromatic carbocycles. The lowest BCUT2D eigenvalue weighted by Gasteiger charge is -2.17. The van der Waals surface area contributed by atoms with Crippen molar-refractivity contribution < 1.29 is 22.4 Å². The zero-order chi connectivity index (χ0) is 19.3. The fourth-order valence-electron chi connectivity index (χ4n) is 2.37. The second kappa shape index (κ2) is 8.09. The average Bonchev–Trinajstić information content (AvgIpc) is 2.52. The van der Waals surface area contributed by atoms with Crippen molar-refractivity contribution in [1.29, 1.82) is 0 Å². The van der Waals surface area contributed by atoms with Crippen LogP contribution in [0.5, 0.6) is 0 Å². The topological polar surface area (TPSA) is 83.6 Å². The van der Waals surface area contributed by atoms with Crippen molar-refractivity contribution in [3.05, 3.63) is 65.5 Å². The highest BCUT2D eigenvalue weighted by Gasteiger charge is 2.16. The van der Waals surface area contributed by atoms with Crippen LogP contribution in [0.15, 0.2) is 48.5 Å². The zero-order valence-electron chi connectivity index (χ0n) is 14.4. The first-order valence-electron chi connectivity index (χ1n) is 7.71. The first kappa shape index (κ1) is 19.6. The van der Waals surface area contributed by atoms with Crippen molar-refractivity contribution in [3.8, 4) is 0 Å². The monoisotopic (exact) mass is 378 g/mol. The maximum atomic E-state index is 13.1. The molecule has 2 aromatic rings. The van der Waals surface area contributed by atoms with Gasteiger partial charge in [0.05, 0.1) is 12.3 Å². The molecule has 138 valence electrons. The Labute approximate surface area is 151 Å². The fraction of sp³-hybridized carbons (Fsp3) is 0.222. The molecular formula is C18H19FN2O4S. The maximum absolute atomic E-state index is 13.1. The first-order valence-corrected chi connectivity index (χ1v) is 9.77. The second-order valence-electron chi connectivity index (χ2n) is 5.99. The molecule has 0 fully saturated rings. The van der Waals surface area contributed by atoms with Gasteiger partial charge in [0.1, 0.15) is 5.82 Å². The number of hydrogen-bond acceptors (Lipinski definition) is 4. The molecule has 0 bridgehead atoms. The van der Waals surface area contributed by atoms with E-state index >= 15 is 0 Å². The minimum atomic E-state index is -3.22. The molecule has 26 heavy (non-hydrogen) atoms. The summed E-state index contributed by atoms with van der Waals surface area (Å²) in [5.41, 5.74) is 1.08. The van der Waals surface area contributed by atoms with Crippen molar-refractivity contribution in [2.75, 3.05) is 25.2 Å². The Balaban J connectivity index is 2.02. The third-order valence-electron chi connectivity index (χ3n) is 3.44. The molecule has 0 radical (unpaired) electrons. The van der Waals surface area contributed by atoms with E-state index in [0.717, 1.165) is 6.26 Å². The number of halogens is 1. The normalized spacial score (nSPS) is 11.0. The SMILES string of the molecule is CN(CC(=O)Nc1cccc(F)c1)C(=O)c1cccc(CS(C)(=O)=O)c1. The van der Waals surface area contributed by atoms with Gasteiger partial charge in [-0.25, -0.2) is 12.8 Å². The van der Waals surface area contributed by atoms with Crippen LogP contribution in [0.4, 0.5) is 10.1 Å². The molecule has 0 saturated carbocycles. The predicted octanol–water partition coefficient (Wildman–Crippen LogP) is 2.08. The van der Waals surface area contributed by atoms with Gasteiger partial charge in [-0.3, -0.25) is 9.59 Å². The molecular weight excluding hydrogens is 359 g/mol. The maximum Gasteiger partial charge on any atom is 0.254 e. The Morgan fingerprint density at radius 1 is 1.12 bits per heavy atom. The van der Waals surface area contributed by atoms with Crippen LogP contribution in [-0.4, -0.2) is 45.0 Å². The number of sulfone groups is 1. The molecule has 0 aromatic heterocycles. The van der Waals surface area contributed by atoms with Crippen molar-refractivity contribution in [3.63, 3.8) is 0 Å². The third kappa shape index (κ3) is 5.96. The largest absolute Gasteiger partial charge is 0.332 e. The molecule has 0 unspecified atom stereocenters. The lowest BCUT2D eigenvalue weighted by atomic mass is 10.1. The average molecular weight is 378 g/mol. The van der Waals surface area contributed by atoms with Crippen LogP contribution < -0.4 is 5.32 Å². The lowest BCUT2D eigenvalue weighted by molar-refractivity contribution is -0.116. The highest BCUT2D eigenvalue weighted by molar-refractivity contribution is 7.89. The van der Waals surface area contributed by atoms with Crippen molar-refractivity contribution in [2.45, 2.75) is 5.75 Å². The number of nitrogens with one attached hydrogen (secondary N) is 1. The molecule has 6 nitrogen and oxygen atoms in total. The molecule has 8 heteroatoms. The molecule has 0 aliphatic rings. The quantitative estimate of drug-likeness (QED) is 0.834. The van der Waals surface area contributed by atoms with Crippen molar-refractivity contribution in [2.24, 2.45) is 0 Å². The lowest BCUT2D eigenvalue weighted by Crippen LogP contribution is -2.35. The highest BCUT2D eigenvalue weighted by atomic mass is 32.2. The van der Waals surface area contributed by atoms with E-state index in [1.54, 1.807) is 18.2 Å². The van der Waals surface area contributed by atoms with E-state index in [2.05, 4.69) is 5.32 Å². The van der Waals surface area contributed by atoms with Gasteiger partial charge in [0, 0.05) is 24.6 Å². The van der Waals surface area contributed by atoms with Crippen molar-refractivity contribution >= 4 is 27.3 Å². The van der Waals surface area contributed by atoms with Crippen LogP contribution in [0.1, 0.15) is 15.9 Å². The molecule has 1 N–H and O–H groups in total. The number of carbonyl (C=O) groups excluding carboxylic acids is 2. The van der Waals surface area contributed by atoms with Crippen LogP contribution in [0, 0.1) is 5.82 Å². The number of rotatable bonds is 6. The van der Waals surface area contributed by atoms with Gasteiger partial charge >= 0.3 is 0 Å². The standard InChI is InChI=1S/C18H19FN2O4S/c1-21(11-17(22)20-16-8-4-7-15(19)10-16)18(23)14-6-3-5-13(9-14)12-26(2,24)25/h3-10H,11-12H2,1-2H3,(H,20,22). The molecule has 0 atom stereocenters. The number of hydrogen-bond donors (Lipinski definition) is 1. The Morgan fingerprint density at radius 2 is 1.81 bits per heavy atom. The van der Waals surface area contributed by atoms with Crippen LogP contribution in [0.2, 0.25) is 0 Å². The summed E-state index contributed by atoms with van der Waals surface area (Å²) in [5, 5.41) is 2.51. The van der Waals surface area contributed by atoms with Gasteiger partial charge < -0.3 is 10.2 Å². The number of amides is 2. The Bertz CT molecular complexity index is 928. The summed E-state index contributed by atoms with van der Waals surface area (Å²) in [6.45, 7) is -0.231. The summed E-state index contributed by atoms with van der Waals surface area (Å²) in [7, 11) is -1.76. The number of benzene rings is 2. The van der Waals surface area contributed by atoms with Gasteiger partial charge in [-0.15, -0.1) is 0 Å². The minimum Gasteiger partial charge on any atom is -0.332 e. The Morgan fingerprint density at radius 3 is 2.46 bits per heavy atom. The van der Waals surface area contributed by atoms with E-state index in [-0.39, 0.29) is 17.9 Å². The number of nitrogens with zero attached hydrogens (tertiary/aromatic N) is 1. The summed E-state index contributed by atoms with van der Waals surface area (Å²) >= 11 is 0. The molecule has 0 aliphatic carbocycles. The highest BCUT2D eigenvalue weighted by Crippen LogP contribution is 2.12. The number of carbonyl (C=O) groups is 2. The van der Waals surface area contributed by atoms with Crippen molar-refractivity contribution in [1.82, 2.24) is 4.90 Å². The van der Waals surface area contributed by atoms with Gasteiger partial charge in [-0.05, 0) is 35.9 Å². The van der Waals surface area contributed by atoms with Crippen LogP contribution in [0.25, 0.3) is 0 Å². The van der Waals surface area contributed by atoms with E-state index in [0.29, 0.717) is 11.3 Å². The Hall–Kier alpha value is -2.74. The van der Waals surface area contributed by atoms with E-state index in [1.807, 2.05) is 0 Å². The molecule has 0 saturated heterocycles. The molecule has 2 amide bonds. The van der Waals surface area contributed by atoms with E-state index < -0.39 is 27.5 Å². The molecule has 0 heterocycles. The first-order chi connectivity index (χ1) is 12.1. The van der Waals surface area contributed by atoms with Gasteiger partial charge in [0.2, 0.25) is 5.91 Å². The third-order valence-corrected chi connectivity index (χ3v) is 4.30. The van der Waals surface area contributed by atoms with E-state index in [1.165, 1.54) is 42.3 Å². The van der Waals surface area contributed by atoms with Gasteiger partial charge in [-0.1, -0.05) is 18.2 Å². The summed E-state index contributed by atoms with van der Waals surface area (Å²) < 4.78 is 35.9. The molecule has 2 rings (SSSR count). The van der Waals surface area contributed by atoms with Crippen LogP contribution in [-0.2, 0) is 20.4 Å². The summed E-state index contributed by atoms with van der Waals surface area (Å²) in [5.74, 6) is -1.54. The van der Waals surface area contributed by atoms with Crippen LogP contribution >= 0.6 is 0 Å². The van der Waals surface area contributed by atoms with Gasteiger partial charge in [0.15, 0.2) is 9.84 Å². The summed E-state index contributed by atoms with van der Waals surface area (Å²) in [6, 6.07) is 11.7. The Kier molecular flexibility index (Phi) is 6.10. The number of likely N-dealkylation sites (N-methyl/N-ethyl adjacent to an activating group) is 1. The van der Waals surface area contributed by atoms with Gasteiger partial charge in [0.25, 0.3) is 5.91 Å². The number of anilines is 1. The van der Waals surface area contributed by atoms with Crippen LogP contribution in [0.3, 0.4) is 0 Å².